The highest BCUT2D eigenvalue weighted by molar-refractivity contribution is 7.91. The zero-order chi connectivity index (χ0) is 27.9. The van der Waals surface area contributed by atoms with Crippen LogP contribution in [-0.4, -0.2) is 54.4 Å². The molecule has 3 heterocycles. The molecule has 11 heteroatoms. The summed E-state index contributed by atoms with van der Waals surface area (Å²) < 4.78 is 44.7. The van der Waals surface area contributed by atoms with E-state index in [9.17, 15) is 22.9 Å². The molecule has 1 aliphatic heterocycles. The first-order chi connectivity index (χ1) is 19.3. The first-order valence-electron chi connectivity index (χ1n) is 13.7. The van der Waals surface area contributed by atoms with Crippen LogP contribution in [0.5, 0.6) is 0 Å². The summed E-state index contributed by atoms with van der Waals surface area (Å²) >= 11 is 0. The van der Waals surface area contributed by atoms with E-state index in [2.05, 4.69) is 16.4 Å². The van der Waals surface area contributed by atoms with Gasteiger partial charge in [0.25, 0.3) is 0 Å². The number of pyridine rings is 1. The molecule has 3 aromatic rings. The van der Waals surface area contributed by atoms with Crippen LogP contribution >= 0.6 is 0 Å². The van der Waals surface area contributed by atoms with Gasteiger partial charge in [0, 0.05) is 42.4 Å². The van der Waals surface area contributed by atoms with Gasteiger partial charge in [0.15, 0.2) is 15.7 Å². The molecule has 2 aromatic heterocycles. The Labute approximate surface area is 232 Å². The summed E-state index contributed by atoms with van der Waals surface area (Å²) in [5, 5.41) is 12.5. The zero-order valence-electron chi connectivity index (χ0n) is 22.0. The minimum atomic E-state index is -2.99. The summed E-state index contributed by atoms with van der Waals surface area (Å²) in [5.74, 6) is -0.478. The zero-order valence-corrected chi connectivity index (χ0v) is 22.8. The van der Waals surface area contributed by atoms with E-state index in [0.29, 0.717) is 50.2 Å². The maximum atomic E-state index is 14.7. The van der Waals surface area contributed by atoms with E-state index >= 15 is 0 Å². The van der Waals surface area contributed by atoms with Crippen LogP contribution in [0.15, 0.2) is 47.1 Å². The normalized spacial score (nSPS) is 23.2. The summed E-state index contributed by atoms with van der Waals surface area (Å²) in [7, 11) is -2.99. The van der Waals surface area contributed by atoms with Crippen LogP contribution in [0.3, 0.4) is 0 Å². The fraction of sp³-hybridized carbons (Fsp3) is 0.448. The Hall–Kier alpha value is -3.78. The average Bonchev–Trinajstić information content (AvgIpc) is 3.60. The molecular formula is C29H30FN5O4S. The maximum absolute atomic E-state index is 14.7. The quantitative estimate of drug-likeness (QED) is 0.472. The third kappa shape index (κ3) is 5.20. The molecule has 2 atom stereocenters. The molecule has 3 fully saturated rings. The Balaban J connectivity index is 1.36. The van der Waals surface area contributed by atoms with E-state index in [1.807, 2.05) is 29.2 Å². The number of nitrogens with zero attached hydrogens (tertiary/aromatic N) is 4. The van der Waals surface area contributed by atoms with Crippen molar-refractivity contribution in [3.63, 3.8) is 0 Å². The minimum Gasteiger partial charge on any atom is -0.440 e. The van der Waals surface area contributed by atoms with E-state index in [4.69, 9.17) is 9.40 Å². The number of rotatable bonds is 6. The molecule has 3 aliphatic rings. The number of carbonyl (C=O) groups excluding carboxylic acids is 1. The number of nitriles is 1. The summed E-state index contributed by atoms with van der Waals surface area (Å²) in [5.41, 5.74) is 1.63. The molecule has 40 heavy (non-hydrogen) atoms. The van der Waals surface area contributed by atoms with Gasteiger partial charge in [-0.1, -0.05) is 25.0 Å². The molecule has 1 saturated heterocycles. The number of nitrogens with one attached hydrogen (secondary N) is 1. The number of hydrogen-bond acceptors (Lipinski definition) is 8. The molecule has 0 spiro atoms. The van der Waals surface area contributed by atoms with Crippen LogP contribution in [0.4, 0.5) is 10.1 Å². The van der Waals surface area contributed by atoms with Gasteiger partial charge in [-0.25, -0.2) is 17.8 Å². The van der Waals surface area contributed by atoms with Crippen molar-refractivity contribution < 1.29 is 22.0 Å². The maximum Gasteiger partial charge on any atom is 0.229 e. The highest BCUT2D eigenvalue weighted by Crippen LogP contribution is 2.45. The molecule has 2 aliphatic carbocycles. The molecule has 9 nitrogen and oxygen atoms in total. The summed E-state index contributed by atoms with van der Waals surface area (Å²) in [6.45, 7) is 0.872. The Morgan fingerprint density at radius 3 is 2.52 bits per heavy atom. The average molecular weight is 564 g/mol. The molecule has 208 valence electrons. The van der Waals surface area contributed by atoms with Gasteiger partial charge >= 0.3 is 0 Å². The van der Waals surface area contributed by atoms with Crippen LogP contribution in [0.1, 0.15) is 50.2 Å². The molecular weight excluding hydrogens is 533 g/mol. The van der Waals surface area contributed by atoms with Gasteiger partial charge in [0.1, 0.15) is 17.0 Å². The number of anilines is 1. The van der Waals surface area contributed by atoms with Gasteiger partial charge in [-0.2, -0.15) is 5.26 Å². The van der Waals surface area contributed by atoms with Crippen molar-refractivity contribution in [2.45, 2.75) is 50.0 Å². The Morgan fingerprint density at radius 2 is 1.85 bits per heavy atom. The standard InChI is InChI=1S/C29H30FN5O4S/c30-24-17-32-12-9-23(24)28-33-25(19-5-7-20(8-6-19)35-13-15-40(37,38)16-14-35)26(39-28)21-3-1-2-4-22(21)27(36)34-29(18-31)10-11-29/h5-9,12,17,21-22H,1-4,10-11,13-16H2,(H,34,36). The number of oxazole rings is 1. The monoisotopic (exact) mass is 563 g/mol. The van der Waals surface area contributed by atoms with Crippen molar-refractivity contribution in [2.75, 3.05) is 29.5 Å². The number of benzene rings is 1. The fourth-order valence-electron chi connectivity index (χ4n) is 5.73. The first kappa shape index (κ1) is 26.4. The van der Waals surface area contributed by atoms with Gasteiger partial charge in [0.05, 0.1) is 29.3 Å². The van der Waals surface area contributed by atoms with Gasteiger partial charge < -0.3 is 14.6 Å². The molecule has 6 rings (SSSR count). The second kappa shape index (κ2) is 10.3. The summed E-state index contributed by atoms with van der Waals surface area (Å²) in [6, 6.07) is 11.4. The molecule has 1 N–H and O–H groups in total. The highest BCUT2D eigenvalue weighted by Gasteiger charge is 2.47. The number of sulfone groups is 1. The summed E-state index contributed by atoms with van der Waals surface area (Å²) in [6.07, 6.45) is 7.06. The lowest BCUT2D eigenvalue weighted by molar-refractivity contribution is -0.127. The number of carbonyl (C=O) groups is 1. The van der Waals surface area contributed by atoms with Gasteiger partial charge in [-0.3, -0.25) is 9.78 Å². The van der Waals surface area contributed by atoms with Gasteiger partial charge in [0.2, 0.25) is 11.8 Å². The number of aromatic nitrogens is 2. The van der Waals surface area contributed by atoms with Crippen LogP contribution in [0.2, 0.25) is 0 Å². The van der Waals surface area contributed by atoms with Crippen molar-refractivity contribution in [1.82, 2.24) is 15.3 Å². The molecule has 1 amide bonds. The molecule has 2 unspecified atom stereocenters. The van der Waals surface area contributed by atoms with Crippen LogP contribution < -0.4 is 10.2 Å². The summed E-state index contributed by atoms with van der Waals surface area (Å²) in [4.78, 5) is 24.0. The second-order valence-corrected chi connectivity index (χ2v) is 13.3. The van der Waals surface area contributed by atoms with E-state index in [0.717, 1.165) is 30.3 Å². The number of halogens is 1. The highest BCUT2D eigenvalue weighted by atomic mass is 32.2. The van der Waals surface area contributed by atoms with E-state index in [1.165, 1.54) is 12.3 Å². The largest absolute Gasteiger partial charge is 0.440 e. The second-order valence-electron chi connectivity index (χ2n) is 11.0. The van der Waals surface area contributed by atoms with E-state index < -0.39 is 27.1 Å². The topological polar surface area (TPSA) is 129 Å². The van der Waals surface area contributed by atoms with Crippen molar-refractivity contribution in [1.29, 1.82) is 5.26 Å². The van der Waals surface area contributed by atoms with Crippen LogP contribution in [0, 0.1) is 23.1 Å². The van der Waals surface area contributed by atoms with Crippen LogP contribution in [0.25, 0.3) is 22.7 Å². The van der Waals surface area contributed by atoms with Gasteiger partial charge in [-0.05, 0) is 43.9 Å². The Morgan fingerprint density at radius 1 is 1.12 bits per heavy atom. The van der Waals surface area contributed by atoms with Crippen molar-refractivity contribution >= 4 is 21.4 Å². The smallest absolute Gasteiger partial charge is 0.229 e. The lowest BCUT2D eigenvalue weighted by Crippen LogP contribution is -2.42. The van der Waals surface area contributed by atoms with Crippen molar-refractivity contribution in [3.05, 3.63) is 54.3 Å². The third-order valence-electron chi connectivity index (χ3n) is 8.27. The van der Waals surface area contributed by atoms with E-state index in [-0.39, 0.29) is 34.8 Å². The van der Waals surface area contributed by atoms with Crippen molar-refractivity contribution in [3.8, 4) is 28.8 Å². The fourth-order valence-corrected chi connectivity index (χ4v) is 6.93. The number of hydrogen-bond donors (Lipinski definition) is 1. The lowest BCUT2D eigenvalue weighted by atomic mass is 9.76. The molecule has 0 radical (unpaired) electrons. The SMILES string of the molecule is N#CC1(NC(=O)C2CCCCC2c2oc(-c3ccncc3F)nc2-c2ccc(N3CCS(=O)(=O)CC3)cc2)CC1. The van der Waals surface area contributed by atoms with E-state index in [1.54, 1.807) is 0 Å². The molecule has 1 aromatic carbocycles. The molecule has 2 saturated carbocycles. The molecule has 0 bridgehead atoms. The van der Waals surface area contributed by atoms with Crippen LogP contribution in [-0.2, 0) is 14.6 Å². The first-order valence-corrected chi connectivity index (χ1v) is 15.5. The lowest BCUT2D eigenvalue weighted by Gasteiger charge is -2.30. The van der Waals surface area contributed by atoms with Crippen molar-refractivity contribution in [2.24, 2.45) is 5.92 Å². The number of amides is 1. The predicted molar refractivity (Wildman–Crippen MR) is 146 cm³/mol. The Kier molecular flexibility index (Phi) is 6.82. The minimum absolute atomic E-state index is 0.121. The third-order valence-corrected chi connectivity index (χ3v) is 9.88. The predicted octanol–water partition coefficient (Wildman–Crippen LogP) is 4.22. The van der Waals surface area contributed by atoms with Gasteiger partial charge in [-0.15, -0.1) is 0 Å². The Bertz CT molecular complexity index is 1560.